The molecule has 0 unspecified atom stereocenters. The Morgan fingerprint density at radius 1 is 1.06 bits per heavy atom. The summed E-state index contributed by atoms with van der Waals surface area (Å²) in [6, 6.07) is 24.6. The first kappa shape index (κ1) is 21.3. The second-order valence-electron chi connectivity index (χ2n) is 7.22. The summed E-state index contributed by atoms with van der Waals surface area (Å²) in [5.74, 6) is 0.381. The van der Waals surface area contributed by atoms with E-state index >= 15 is 0 Å². The van der Waals surface area contributed by atoms with Crippen molar-refractivity contribution in [2.24, 2.45) is 5.10 Å². The third-order valence-electron chi connectivity index (χ3n) is 4.75. The monoisotopic (exact) mass is 444 g/mol. The second kappa shape index (κ2) is 9.94. The fraction of sp³-hybridized carbons (Fsp3) is 0.0800. The lowest BCUT2D eigenvalue weighted by molar-refractivity contribution is 0.0950. The van der Waals surface area contributed by atoms with E-state index < -0.39 is 0 Å². The van der Waals surface area contributed by atoms with E-state index in [1.165, 1.54) is 5.56 Å². The summed E-state index contributed by atoms with van der Waals surface area (Å²) in [6.07, 6.45) is 1.54. The molecule has 0 fully saturated rings. The lowest BCUT2D eigenvalue weighted by atomic mass is 10.1. The Kier molecular flexibility index (Phi) is 6.63. The highest BCUT2D eigenvalue weighted by atomic mass is 35.5. The van der Waals surface area contributed by atoms with Crippen LogP contribution in [0.15, 0.2) is 84.0 Å². The van der Waals surface area contributed by atoms with Crippen LogP contribution >= 0.6 is 11.6 Å². The predicted octanol–water partition coefficient (Wildman–Crippen LogP) is 5.38. The molecule has 0 atom stereocenters. The number of nitrogens with zero attached hydrogens (tertiary/aromatic N) is 2. The molecular weight excluding hydrogens is 424 g/mol. The molecule has 0 aliphatic rings. The molecule has 0 bridgehead atoms. The number of hydrogen-bond acceptors (Lipinski definition) is 4. The minimum absolute atomic E-state index is 0.313. The molecule has 1 amide bonds. The Morgan fingerprint density at radius 2 is 1.78 bits per heavy atom. The second-order valence-corrected chi connectivity index (χ2v) is 7.65. The van der Waals surface area contributed by atoms with Gasteiger partial charge in [0.15, 0.2) is 0 Å². The molecule has 0 radical (unpaired) electrons. The van der Waals surface area contributed by atoms with Gasteiger partial charge in [-0.15, -0.1) is 0 Å². The van der Waals surface area contributed by atoms with Gasteiger partial charge in [-0.1, -0.05) is 53.6 Å². The Labute approximate surface area is 190 Å². The highest BCUT2D eigenvalue weighted by Crippen LogP contribution is 2.22. The van der Waals surface area contributed by atoms with Crippen molar-refractivity contribution < 1.29 is 9.53 Å². The van der Waals surface area contributed by atoms with E-state index in [-0.39, 0.29) is 5.91 Å². The van der Waals surface area contributed by atoms with Crippen molar-refractivity contribution in [3.05, 3.63) is 106 Å². The van der Waals surface area contributed by atoms with Gasteiger partial charge in [0.05, 0.1) is 11.9 Å². The van der Waals surface area contributed by atoms with E-state index in [4.69, 9.17) is 16.3 Å². The maximum absolute atomic E-state index is 12.3. The van der Waals surface area contributed by atoms with Crippen LogP contribution in [-0.4, -0.2) is 22.3 Å². The van der Waals surface area contributed by atoms with Gasteiger partial charge in [-0.3, -0.25) is 9.89 Å². The summed E-state index contributed by atoms with van der Waals surface area (Å²) in [7, 11) is 0. The number of rotatable bonds is 7. The van der Waals surface area contributed by atoms with E-state index in [9.17, 15) is 4.79 Å². The lowest BCUT2D eigenvalue weighted by Gasteiger charge is -2.07. The molecule has 0 spiro atoms. The number of halogens is 1. The van der Waals surface area contributed by atoms with E-state index in [2.05, 4.69) is 51.9 Å². The van der Waals surface area contributed by atoms with Crippen LogP contribution in [0.5, 0.6) is 5.75 Å². The standard InChI is InChI=1S/C25H21ClN4O2/c1-17-2-4-19(5-3-17)16-32-22-12-8-20(9-13-22)23-14-24(29-28-23)25(31)30-27-15-18-6-10-21(26)11-7-18/h2-15H,16H2,1H3,(H,28,29)(H,30,31)/b27-15-. The van der Waals surface area contributed by atoms with Crippen molar-refractivity contribution >= 4 is 23.7 Å². The summed E-state index contributed by atoms with van der Waals surface area (Å²) in [6.45, 7) is 2.56. The van der Waals surface area contributed by atoms with Gasteiger partial charge in [0, 0.05) is 10.6 Å². The van der Waals surface area contributed by atoms with Gasteiger partial charge in [0.25, 0.3) is 5.91 Å². The average molecular weight is 445 g/mol. The minimum Gasteiger partial charge on any atom is -0.489 e. The SMILES string of the molecule is Cc1ccc(COc2ccc(-c3cc(C(=O)N/N=C\c4ccc(Cl)cc4)[nH]n3)cc2)cc1. The van der Waals surface area contributed by atoms with Crippen molar-refractivity contribution in [3.63, 3.8) is 0 Å². The number of benzene rings is 3. The number of aromatic nitrogens is 2. The van der Waals surface area contributed by atoms with Crippen LogP contribution in [0.25, 0.3) is 11.3 Å². The van der Waals surface area contributed by atoms with E-state index in [1.54, 1.807) is 36.5 Å². The summed E-state index contributed by atoms with van der Waals surface area (Å²) >= 11 is 5.85. The number of aryl methyl sites for hydroxylation is 1. The summed E-state index contributed by atoms with van der Waals surface area (Å²) in [5, 5.41) is 11.6. The molecule has 4 rings (SSSR count). The van der Waals surface area contributed by atoms with Crippen molar-refractivity contribution in [2.75, 3.05) is 0 Å². The largest absolute Gasteiger partial charge is 0.489 e. The quantitative estimate of drug-likeness (QED) is 0.296. The van der Waals surface area contributed by atoms with Gasteiger partial charge < -0.3 is 4.74 Å². The molecule has 4 aromatic rings. The fourth-order valence-electron chi connectivity index (χ4n) is 2.93. The highest BCUT2D eigenvalue weighted by molar-refractivity contribution is 6.30. The van der Waals surface area contributed by atoms with Crippen LogP contribution in [-0.2, 0) is 6.61 Å². The van der Waals surface area contributed by atoms with Crippen molar-refractivity contribution in [1.82, 2.24) is 15.6 Å². The molecule has 7 heteroatoms. The molecule has 1 aromatic heterocycles. The van der Waals surface area contributed by atoms with Crippen LogP contribution in [0, 0.1) is 6.92 Å². The van der Waals surface area contributed by atoms with Gasteiger partial charge in [-0.2, -0.15) is 10.2 Å². The van der Waals surface area contributed by atoms with Gasteiger partial charge in [-0.05, 0) is 60.5 Å². The molecule has 0 saturated heterocycles. The Morgan fingerprint density at radius 3 is 2.50 bits per heavy atom. The number of carbonyl (C=O) groups is 1. The number of nitrogens with one attached hydrogen (secondary N) is 2. The molecule has 0 aliphatic heterocycles. The topological polar surface area (TPSA) is 79.4 Å². The number of aromatic amines is 1. The number of carbonyl (C=O) groups excluding carboxylic acids is 1. The third kappa shape index (κ3) is 5.62. The zero-order valence-electron chi connectivity index (χ0n) is 17.4. The predicted molar refractivity (Wildman–Crippen MR) is 126 cm³/mol. The normalized spacial score (nSPS) is 10.9. The van der Waals surface area contributed by atoms with Crippen molar-refractivity contribution in [1.29, 1.82) is 0 Å². The fourth-order valence-corrected chi connectivity index (χ4v) is 3.06. The summed E-state index contributed by atoms with van der Waals surface area (Å²) in [5.41, 5.74) is 7.47. The van der Waals surface area contributed by atoms with Crippen molar-refractivity contribution in [3.8, 4) is 17.0 Å². The molecule has 0 aliphatic carbocycles. The molecular formula is C25H21ClN4O2. The molecule has 32 heavy (non-hydrogen) atoms. The molecule has 2 N–H and O–H groups in total. The van der Waals surface area contributed by atoms with Crippen LogP contribution < -0.4 is 10.2 Å². The van der Waals surface area contributed by atoms with Crippen LogP contribution in [0.3, 0.4) is 0 Å². The lowest BCUT2D eigenvalue weighted by Crippen LogP contribution is -2.17. The maximum Gasteiger partial charge on any atom is 0.289 e. The Hall–Kier alpha value is -3.90. The molecule has 160 valence electrons. The molecule has 1 heterocycles. The molecule has 0 saturated carbocycles. The maximum atomic E-state index is 12.3. The Bertz CT molecular complexity index is 1210. The number of hydrogen-bond donors (Lipinski definition) is 2. The number of hydrazone groups is 1. The number of amides is 1. The van der Waals surface area contributed by atoms with Crippen LogP contribution in [0.4, 0.5) is 0 Å². The summed E-state index contributed by atoms with van der Waals surface area (Å²) < 4.78 is 5.84. The third-order valence-corrected chi connectivity index (χ3v) is 5.00. The van der Waals surface area contributed by atoms with Crippen molar-refractivity contribution in [2.45, 2.75) is 13.5 Å². The molecule has 6 nitrogen and oxygen atoms in total. The first-order valence-electron chi connectivity index (χ1n) is 10.00. The highest BCUT2D eigenvalue weighted by Gasteiger charge is 2.10. The average Bonchev–Trinajstić information content (AvgIpc) is 3.31. The van der Waals surface area contributed by atoms with Gasteiger partial charge in [-0.25, -0.2) is 5.43 Å². The van der Waals surface area contributed by atoms with E-state index in [0.717, 1.165) is 22.4 Å². The number of H-pyrrole nitrogens is 1. The van der Waals surface area contributed by atoms with Gasteiger partial charge in [0.2, 0.25) is 0 Å². The van der Waals surface area contributed by atoms with Gasteiger partial charge >= 0.3 is 0 Å². The summed E-state index contributed by atoms with van der Waals surface area (Å²) in [4.78, 5) is 12.3. The van der Waals surface area contributed by atoms with Gasteiger partial charge in [0.1, 0.15) is 18.1 Å². The Balaban J connectivity index is 1.33. The van der Waals surface area contributed by atoms with Crippen LogP contribution in [0.1, 0.15) is 27.2 Å². The first-order valence-corrected chi connectivity index (χ1v) is 10.4. The zero-order chi connectivity index (χ0) is 22.3. The zero-order valence-corrected chi connectivity index (χ0v) is 18.1. The smallest absolute Gasteiger partial charge is 0.289 e. The van der Waals surface area contributed by atoms with E-state index in [1.807, 2.05) is 24.3 Å². The molecule has 3 aromatic carbocycles. The van der Waals surface area contributed by atoms with Crippen LogP contribution in [0.2, 0.25) is 5.02 Å². The minimum atomic E-state index is -0.382. The van der Waals surface area contributed by atoms with E-state index in [0.29, 0.717) is 23.0 Å². The first-order chi connectivity index (χ1) is 15.6. The number of ether oxygens (including phenoxy) is 1.